The van der Waals surface area contributed by atoms with Crippen molar-refractivity contribution in [2.24, 2.45) is 5.73 Å². The quantitative estimate of drug-likeness (QED) is 0.715. The predicted octanol–water partition coefficient (Wildman–Crippen LogP) is 1.08. The molecule has 1 unspecified atom stereocenters. The van der Waals surface area contributed by atoms with E-state index in [0.29, 0.717) is 5.75 Å². The van der Waals surface area contributed by atoms with Crippen LogP contribution in [-0.4, -0.2) is 41.4 Å². The van der Waals surface area contributed by atoms with Crippen LogP contribution in [0.15, 0.2) is 0 Å². The van der Waals surface area contributed by atoms with Gasteiger partial charge < -0.3 is 10.6 Å². The number of likely N-dealkylation sites (tertiary alicyclic amines) is 1. The lowest BCUT2D eigenvalue weighted by atomic mass is 10.1. The zero-order valence-corrected chi connectivity index (χ0v) is 9.68. The van der Waals surface area contributed by atoms with Crippen LogP contribution in [0.1, 0.15) is 26.2 Å². The average molecular weight is 216 g/mol. The SMILES string of the molecule is CCCSCC(=O)N1CCCC(N)C1. The third-order valence-electron chi connectivity index (χ3n) is 2.38. The monoisotopic (exact) mass is 216 g/mol. The Morgan fingerprint density at radius 2 is 2.43 bits per heavy atom. The lowest BCUT2D eigenvalue weighted by molar-refractivity contribution is -0.129. The zero-order chi connectivity index (χ0) is 10.4. The van der Waals surface area contributed by atoms with E-state index < -0.39 is 0 Å². The van der Waals surface area contributed by atoms with E-state index in [2.05, 4.69) is 6.92 Å². The van der Waals surface area contributed by atoms with Crippen LogP contribution in [-0.2, 0) is 4.79 Å². The highest BCUT2D eigenvalue weighted by molar-refractivity contribution is 7.99. The Labute approximate surface area is 90.4 Å². The van der Waals surface area contributed by atoms with Gasteiger partial charge in [-0.1, -0.05) is 6.92 Å². The van der Waals surface area contributed by atoms with Gasteiger partial charge in [0.25, 0.3) is 0 Å². The first kappa shape index (κ1) is 11.9. The maximum Gasteiger partial charge on any atom is 0.232 e. The minimum Gasteiger partial charge on any atom is -0.340 e. The molecule has 4 heteroatoms. The maximum absolute atomic E-state index is 11.7. The van der Waals surface area contributed by atoms with Crippen LogP contribution in [0, 0.1) is 0 Å². The minimum absolute atomic E-state index is 0.198. The topological polar surface area (TPSA) is 46.3 Å². The van der Waals surface area contributed by atoms with Gasteiger partial charge in [-0.25, -0.2) is 0 Å². The Balaban J connectivity index is 2.22. The molecule has 0 spiro atoms. The summed E-state index contributed by atoms with van der Waals surface area (Å²) in [6, 6.07) is 0.198. The van der Waals surface area contributed by atoms with E-state index in [-0.39, 0.29) is 11.9 Å². The second-order valence-corrected chi connectivity index (χ2v) is 4.90. The second kappa shape index (κ2) is 6.30. The van der Waals surface area contributed by atoms with Gasteiger partial charge in [-0.2, -0.15) is 11.8 Å². The smallest absolute Gasteiger partial charge is 0.232 e. The fraction of sp³-hybridized carbons (Fsp3) is 0.900. The fourth-order valence-corrected chi connectivity index (χ4v) is 2.42. The molecule has 14 heavy (non-hydrogen) atoms. The molecule has 1 heterocycles. The van der Waals surface area contributed by atoms with Crippen molar-refractivity contribution in [3.8, 4) is 0 Å². The van der Waals surface area contributed by atoms with Crippen LogP contribution >= 0.6 is 11.8 Å². The molecule has 0 aromatic carbocycles. The molecular weight excluding hydrogens is 196 g/mol. The molecule has 1 fully saturated rings. The minimum atomic E-state index is 0.198. The van der Waals surface area contributed by atoms with Gasteiger partial charge in [0.15, 0.2) is 0 Å². The van der Waals surface area contributed by atoms with Crippen molar-refractivity contribution < 1.29 is 4.79 Å². The van der Waals surface area contributed by atoms with Crippen LogP contribution in [0.2, 0.25) is 0 Å². The number of amides is 1. The molecule has 1 saturated heterocycles. The van der Waals surface area contributed by atoms with Gasteiger partial charge in [0, 0.05) is 19.1 Å². The van der Waals surface area contributed by atoms with E-state index in [9.17, 15) is 4.79 Å². The largest absolute Gasteiger partial charge is 0.340 e. The van der Waals surface area contributed by atoms with E-state index in [1.165, 1.54) is 0 Å². The molecule has 0 aromatic heterocycles. The van der Waals surface area contributed by atoms with Crippen molar-refractivity contribution in [3.63, 3.8) is 0 Å². The first-order chi connectivity index (χ1) is 6.74. The van der Waals surface area contributed by atoms with Gasteiger partial charge in [-0.3, -0.25) is 4.79 Å². The molecular formula is C10H20N2OS. The molecule has 1 aliphatic rings. The molecule has 2 N–H and O–H groups in total. The number of rotatable bonds is 4. The Bertz CT molecular complexity index is 187. The van der Waals surface area contributed by atoms with E-state index in [1.54, 1.807) is 11.8 Å². The Kier molecular flexibility index (Phi) is 5.33. The van der Waals surface area contributed by atoms with Crippen LogP contribution in [0.4, 0.5) is 0 Å². The highest BCUT2D eigenvalue weighted by atomic mass is 32.2. The summed E-state index contributed by atoms with van der Waals surface area (Å²) in [6.07, 6.45) is 3.26. The van der Waals surface area contributed by atoms with Crippen LogP contribution in [0.3, 0.4) is 0 Å². The van der Waals surface area contributed by atoms with Gasteiger partial charge in [0.2, 0.25) is 5.91 Å². The second-order valence-electron chi connectivity index (χ2n) is 3.79. The van der Waals surface area contributed by atoms with Crippen molar-refractivity contribution >= 4 is 17.7 Å². The van der Waals surface area contributed by atoms with Crippen molar-refractivity contribution in [2.75, 3.05) is 24.6 Å². The third-order valence-corrected chi connectivity index (χ3v) is 3.53. The molecule has 1 amide bonds. The van der Waals surface area contributed by atoms with E-state index in [1.807, 2.05) is 4.90 Å². The van der Waals surface area contributed by atoms with Crippen molar-refractivity contribution in [1.29, 1.82) is 0 Å². The molecule has 1 atom stereocenters. The summed E-state index contributed by atoms with van der Waals surface area (Å²) in [4.78, 5) is 13.6. The van der Waals surface area contributed by atoms with Crippen LogP contribution in [0.5, 0.6) is 0 Å². The normalized spacial score (nSPS) is 22.4. The van der Waals surface area contributed by atoms with Crippen molar-refractivity contribution in [1.82, 2.24) is 4.90 Å². The highest BCUT2D eigenvalue weighted by Crippen LogP contribution is 2.11. The van der Waals surface area contributed by atoms with Gasteiger partial charge >= 0.3 is 0 Å². The van der Waals surface area contributed by atoms with Gasteiger partial charge in [0.05, 0.1) is 5.75 Å². The molecule has 0 aliphatic carbocycles. The number of hydrogen-bond acceptors (Lipinski definition) is 3. The molecule has 0 bridgehead atoms. The Morgan fingerprint density at radius 1 is 1.64 bits per heavy atom. The maximum atomic E-state index is 11.7. The van der Waals surface area contributed by atoms with Gasteiger partial charge in [0.1, 0.15) is 0 Å². The van der Waals surface area contributed by atoms with Crippen molar-refractivity contribution in [3.05, 3.63) is 0 Å². The molecule has 1 rings (SSSR count). The average Bonchev–Trinajstić information content (AvgIpc) is 2.18. The summed E-state index contributed by atoms with van der Waals surface area (Å²) in [5.74, 6) is 1.96. The predicted molar refractivity (Wildman–Crippen MR) is 61.4 cm³/mol. The Morgan fingerprint density at radius 3 is 3.07 bits per heavy atom. The number of nitrogens with zero attached hydrogens (tertiary/aromatic N) is 1. The standard InChI is InChI=1S/C10H20N2OS/c1-2-6-14-8-10(13)12-5-3-4-9(11)7-12/h9H,2-8,11H2,1H3. The lowest BCUT2D eigenvalue weighted by Gasteiger charge is -2.30. The van der Waals surface area contributed by atoms with Crippen molar-refractivity contribution in [2.45, 2.75) is 32.2 Å². The third kappa shape index (κ3) is 3.88. The van der Waals surface area contributed by atoms with E-state index in [0.717, 1.165) is 38.1 Å². The number of thioether (sulfide) groups is 1. The summed E-state index contributed by atoms with van der Waals surface area (Å²) >= 11 is 1.72. The van der Waals surface area contributed by atoms with Gasteiger partial charge in [-0.15, -0.1) is 0 Å². The summed E-state index contributed by atoms with van der Waals surface area (Å²) in [7, 11) is 0. The first-order valence-electron chi connectivity index (χ1n) is 5.35. The first-order valence-corrected chi connectivity index (χ1v) is 6.50. The molecule has 0 aromatic rings. The van der Waals surface area contributed by atoms with E-state index >= 15 is 0 Å². The fourth-order valence-electron chi connectivity index (χ4n) is 1.63. The summed E-state index contributed by atoms with van der Waals surface area (Å²) < 4.78 is 0. The van der Waals surface area contributed by atoms with E-state index in [4.69, 9.17) is 5.73 Å². The van der Waals surface area contributed by atoms with Crippen LogP contribution < -0.4 is 5.73 Å². The Hall–Kier alpha value is -0.220. The number of nitrogens with two attached hydrogens (primary N) is 1. The zero-order valence-electron chi connectivity index (χ0n) is 8.87. The molecule has 3 nitrogen and oxygen atoms in total. The summed E-state index contributed by atoms with van der Waals surface area (Å²) in [5, 5.41) is 0. The van der Waals surface area contributed by atoms with Gasteiger partial charge in [-0.05, 0) is 25.0 Å². The number of carbonyl (C=O) groups is 1. The molecule has 0 saturated carbocycles. The molecule has 0 radical (unpaired) electrons. The summed E-state index contributed by atoms with van der Waals surface area (Å²) in [6.45, 7) is 3.79. The molecule has 1 aliphatic heterocycles. The lowest BCUT2D eigenvalue weighted by Crippen LogP contribution is -2.46. The summed E-state index contributed by atoms with van der Waals surface area (Å²) in [5.41, 5.74) is 5.82. The number of piperidine rings is 1. The number of hydrogen-bond donors (Lipinski definition) is 1. The van der Waals surface area contributed by atoms with Crippen LogP contribution in [0.25, 0.3) is 0 Å². The number of carbonyl (C=O) groups excluding carboxylic acids is 1. The highest BCUT2D eigenvalue weighted by Gasteiger charge is 2.20. The molecule has 82 valence electrons.